The quantitative estimate of drug-likeness (QED) is 0.821. The van der Waals surface area contributed by atoms with Crippen molar-refractivity contribution in [3.8, 4) is 11.5 Å². The largest absolute Gasteiger partial charge is 0.452 e. The summed E-state index contributed by atoms with van der Waals surface area (Å²) in [4.78, 5) is 8.11. The predicted octanol–water partition coefficient (Wildman–Crippen LogP) is 4.03. The number of halogens is 1. The fourth-order valence-electron chi connectivity index (χ4n) is 2.74. The van der Waals surface area contributed by atoms with Crippen LogP contribution in [0.1, 0.15) is 32.1 Å². The van der Waals surface area contributed by atoms with Crippen molar-refractivity contribution in [1.29, 1.82) is 0 Å². The Hall–Kier alpha value is -2.05. The molecule has 1 saturated carbocycles. The third kappa shape index (κ3) is 3.83. The lowest BCUT2D eigenvalue weighted by Crippen LogP contribution is -2.35. The molecule has 0 radical (unpaired) electrons. The fourth-order valence-corrected chi connectivity index (χ4v) is 2.87. The van der Waals surface area contributed by atoms with Crippen molar-refractivity contribution in [3.63, 3.8) is 0 Å². The van der Waals surface area contributed by atoms with Crippen molar-refractivity contribution in [1.82, 2.24) is 9.97 Å². The zero-order valence-electron chi connectivity index (χ0n) is 12.7. The standard InChI is InChI=1S/C16H19ClN4O2/c17-11-6-8-13(9-7-11)23-14-10-19-16(18)20-15(14)21(22)12-4-2-1-3-5-12/h6-10,12,22H,1-5H2,(H2,18,19,20). The number of hydrogen-bond donors (Lipinski definition) is 2. The molecule has 0 atom stereocenters. The number of nitrogens with two attached hydrogens (primary N) is 1. The monoisotopic (exact) mass is 334 g/mol. The van der Waals surface area contributed by atoms with E-state index in [0.29, 0.717) is 22.3 Å². The van der Waals surface area contributed by atoms with Crippen LogP contribution >= 0.6 is 11.6 Å². The van der Waals surface area contributed by atoms with E-state index in [1.165, 1.54) is 17.7 Å². The Morgan fingerprint density at radius 2 is 1.87 bits per heavy atom. The summed E-state index contributed by atoms with van der Waals surface area (Å²) in [6, 6.07) is 6.96. The molecule has 1 heterocycles. The molecule has 0 unspecified atom stereocenters. The van der Waals surface area contributed by atoms with Gasteiger partial charge in [-0.1, -0.05) is 30.9 Å². The van der Waals surface area contributed by atoms with E-state index in [4.69, 9.17) is 22.1 Å². The van der Waals surface area contributed by atoms with Gasteiger partial charge in [0.05, 0.1) is 12.2 Å². The molecule has 1 aliphatic rings. The zero-order chi connectivity index (χ0) is 16.2. The van der Waals surface area contributed by atoms with E-state index in [1.54, 1.807) is 24.3 Å². The molecular formula is C16H19ClN4O2. The number of hydroxylamine groups is 1. The first-order valence-electron chi connectivity index (χ1n) is 7.67. The maximum Gasteiger partial charge on any atom is 0.222 e. The number of aromatic nitrogens is 2. The second-order valence-electron chi connectivity index (χ2n) is 5.61. The molecule has 0 saturated heterocycles. The van der Waals surface area contributed by atoms with Crippen LogP contribution in [0.2, 0.25) is 5.02 Å². The average molecular weight is 335 g/mol. The number of hydrogen-bond acceptors (Lipinski definition) is 6. The number of benzene rings is 1. The van der Waals surface area contributed by atoms with Crippen LogP contribution in [-0.2, 0) is 0 Å². The van der Waals surface area contributed by atoms with Crippen LogP contribution in [-0.4, -0.2) is 21.2 Å². The van der Waals surface area contributed by atoms with Gasteiger partial charge < -0.3 is 10.5 Å². The molecule has 1 fully saturated rings. The topological polar surface area (TPSA) is 84.5 Å². The maximum absolute atomic E-state index is 10.6. The summed E-state index contributed by atoms with van der Waals surface area (Å²) in [5.41, 5.74) is 5.68. The number of ether oxygens (including phenoxy) is 1. The lowest BCUT2D eigenvalue weighted by atomic mass is 9.95. The SMILES string of the molecule is Nc1ncc(Oc2ccc(Cl)cc2)c(N(O)C2CCCCC2)n1. The van der Waals surface area contributed by atoms with Crippen LogP contribution in [0.4, 0.5) is 11.8 Å². The summed E-state index contributed by atoms with van der Waals surface area (Å²) in [5, 5.41) is 12.4. The van der Waals surface area contributed by atoms with Crippen molar-refractivity contribution < 1.29 is 9.94 Å². The molecule has 1 aromatic heterocycles. The van der Waals surface area contributed by atoms with Crippen molar-refractivity contribution in [2.75, 3.05) is 10.8 Å². The van der Waals surface area contributed by atoms with Crippen LogP contribution in [0.15, 0.2) is 30.5 Å². The van der Waals surface area contributed by atoms with Crippen LogP contribution in [0.5, 0.6) is 11.5 Å². The zero-order valence-corrected chi connectivity index (χ0v) is 13.4. The molecule has 3 N–H and O–H groups in total. The normalized spacial score (nSPS) is 15.4. The average Bonchev–Trinajstić information content (AvgIpc) is 2.58. The molecule has 0 amide bonds. The lowest BCUT2D eigenvalue weighted by Gasteiger charge is -2.30. The van der Waals surface area contributed by atoms with Gasteiger partial charge in [-0.25, -0.2) is 10.0 Å². The Kier molecular flexibility index (Phi) is 4.83. The van der Waals surface area contributed by atoms with Gasteiger partial charge in [-0.2, -0.15) is 4.98 Å². The minimum atomic E-state index is 0.0191. The first-order valence-corrected chi connectivity index (χ1v) is 8.05. The van der Waals surface area contributed by atoms with Crippen LogP contribution < -0.4 is 15.5 Å². The molecule has 0 aliphatic heterocycles. The molecule has 1 aliphatic carbocycles. The second kappa shape index (κ2) is 7.02. The molecule has 7 heteroatoms. The number of nitrogen functional groups attached to an aromatic ring is 1. The van der Waals surface area contributed by atoms with Gasteiger partial charge >= 0.3 is 0 Å². The molecule has 0 spiro atoms. The van der Waals surface area contributed by atoms with E-state index in [9.17, 15) is 5.21 Å². The maximum atomic E-state index is 10.6. The molecule has 3 rings (SSSR count). The second-order valence-corrected chi connectivity index (χ2v) is 6.04. The highest BCUT2D eigenvalue weighted by molar-refractivity contribution is 6.30. The molecule has 6 nitrogen and oxygen atoms in total. The minimum absolute atomic E-state index is 0.0191. The first kappa shape index (κ1) is 15.8. The smallest absolute Gasteiger partial charge is 0.222 e. The Balaban J connectivity index is 1.86. The van der Waals surface area contributed by atoms with E-state index in [0.717, 1.165) is 25.7 Å². The van der Waals surface area contributed by atoms with Crippen LogP contribution in [0.3, 0.4) is 0 Å². The molecule has 2 aromatic rings. The Bertz CT molecular complexity index is 660. The van der Waals surface area contributed by atoms with Gasteiger partial charge in [-0.05, 0) is 37.1 Å². The molecule has 122 valence electrons. The Labute approximate surface area is 139 Å². The minimum Gasteiger partial charge on any atom is -0.452 e. The van der Waals surface area contributed by atoms with Crippen LogP contribution in [0.25, 0.3) is 0 Å². The van der Waals surface area contributed by atoms with Crippen molar-refractivity contribution in [2.45, 2.75) is 38.1 Å². The van der Waals surface area contributed by atoms with E-state index in [2.05, 4.69) is 9.97 Å². The molecule has 23 heavy (non-hydrogen) atoms. The number of nitrogens with zero attached hydrogens (tertiary/aromatic N) is 3. The predicted molar refractivity (Wildman–Crippen MR) is 89.1 cm³/mol. The summed E-state index contributed by atoms with van der Waals surface area (Å²) >= 11 is 5.87. The molecule has 1 aromatic carbocycles. The summed E-state index contributed by atoms with van der Waals surface area (Å²) < 4.78 is 5.79. The van der Waals surface area contributed by atoms with Crippen molar-refractivity contribution in [2.24, 2.45) is 0 Å². The van der Waals surface area contributed by atoms with Gasteiger partial charge in [0, 0.05) is 5.02 Å². The van der Waals surface area contributed by atoms with Gasteiger partial charge in [-0.3, -0.25) is 5.21 Å². The van der Waals surface area contributed by atoms with Gasteiger partial charge in [0.2, 0.25) is 11.8 Å². The molecule has 0 bridgehead atoms. The Morgan fingerprint density at radius 3 is 2.57 bits per heavy atom. The van der Waals surface area contributed by atoms with Gasteiger partial charge in [0.15, 0.2) is 5.75 Å². The highest BCUT2D eigenvalue weighted by Crippen LogP contribution is 2.34. The third-order valence-corrected chi connectivity index (χ3v) is 4.19. The lowest BCUT2D eigenvalue weighted by molar-refractivity contribution is 0.185. The summed E-state index contributed by atoms with van der Waals surface area (Å²) in [6.07, 6.45) is 6.69. The summed E-state index contributed by atoms with van der Waals surface area (Å²) in [5.74, 6) is 1.33. The highest BCUT2D eigenvalue weighted by atomic mass is 35.5. The van der Waals surface area contributed by atoms with Gasteiger partial charge in [-0.15, -0.1) is 0 Å². The molecular weight excluding hydrogens is 316 g/mol. The first-order chi connectivity index (χ1) is 11.1. The number of rotatable bonds is 4. The van der Waals surface area contributed by atoms with Crippen molar-refractivity contribution >= 4 is 23.4 Å². The van der Waals surface area contributed by atoms with Gasteiger partial charge in [0.1, 0.15) is 5.75 Å². The number of anilines is 2. The third-order valence-electron chi connectivity index (χ3n) is 3.93. The van der Waals surface area contributed by atoms with Crippen LogP contribution in [0, 0.1) is 0 Å². The van der Waals surface area contributed by atoms with E-state index < -0.39 is 0 Å². The van der Waals surface area contributed by atoms with E-state index >= 15 is 0 Å². The summed E-state index contributed by atoms with van der Waals surface area (Å²) in [6.45, 7) is 0. The van der Waals surface area contributed by atoms with Gasteiger partial charge in [0.25, 0.3) is 0 Å². The van der Waals surface area contributed by atoms with E-state index in [-0.39, 0.29) is 12.0 Å². The fraction of sp³-hybridized carbons (Fsp3) is 0.375. The van der Waals surface area contributed by atoms with Crippen molar-refractivity contribution in [3.05, 3.63) is 35.5 Å². The summed E-state index contributed by atoms with van der Waals surface area (Å²) in [7, 11) is 0. The Morgan fingerprint density at radius 1 is 1.17 bits per heavy atom. The highest BCUT2D eigenvalue weighted by Gasteiger charge is 2.24. The van der Waals surface area contributed by atoms with E-state index in [1.807, 2.05) is 0 Å².